The molecular weight excluding hydrogens is 130 g/mol. The fourth-order valence-electron chi connectivity index (χ4n) is 0.276. The lowest BCUT2D eigenvalue weighted by molar-refractivity contribution is 0.420. The highest BCUT2D eigenvalue weighted by Gasteiger charge is 1.84. The summed E-state index contributed by atoms with van der Waals surface area (Å²) in [5.41, 5.74) is 3.03. The molecule has 0 saturated carbocycles. The number of aromatic nitrogens is 1. The summed E-state index contributed by atoms with van der Waals surface area (Å²) >= 11 is 0. The van der Waals surface area contributed by atoms with Gasteiger partial charge in [0.05, 0.1) is 6.20 Å². The Morgan fingerprint density at radius 2 is 2.50 bits per heavy atom. The Kier molecular flexibility index (Phi) is 2.98. The van der Waals surface area contributed by atoms with Gasteiger partial charge in [0.2, 0.25) is 0 Å². The van der Waals surface area contributed by atoms with Crippen LogP contribution in [0.4, 0.5) is 5.69 Å². The summed E-state index contributed by atoms with van der Waals surface area (Å²) in [6, 6.07) is 0. The number of nitrogens with zero attached hydrogens (tertiary/aromatic N) is 1. The summed E-state index contributed by atoms with van der Waals surface area (Å²) < 4.78 is 4.41. The second-order valence-electron chi connectivity index (χ2n) is 1.06. The van der Waals surface area contributed by atoms with Crippen molar-refractivity contribution in [2.45, 2.75) is 0 Å². The molecule has 1 aromatic rings. The summed E-state index contributed by atoms with van der Waals surface area (Å²) in [5.74, 6) is 4.94. The molecule has 8 heavy (non-hydrogen) atoms. The lowest BCUT2D eigenvalue weighted by Gasteiger charge is -1.83. The first-order valence-corrected chi connectivity index (χ1v) is 1.79. The number of hydrogen-bond donors (Lipinski definition) is 2. The standard InChI is InChI=1S/C3H5N3O.ClH/c4-6-3-1-5-7-2-3;/h1-2,6H,4H2;1H. The average Bonchev–Trinajstić information content (AvgIpc) is 2.14. The van der Waals surface area contributed by atoms with E-state index >= 15 is 0 Å². The molecule has 5 heteroatoms. The summed E-state index contributed by atoms with van der Waals surface area (Å²) in [5, 5.41) is 3.38. The third-order valence-electron chi connectivity index (χ3n) is 0.599. The van der Waals surface area contributed by atoms with E-state index in [9.17, 15) is 0 Å². The minimum Gasteiger partial charge on any atom is -0.362 e. The zero-order chi connectivity index (χ0) is 5.11. The van der Waals surface area contributed by atoms with Gasteiger partial charge in [-0.2, -0.15) is 0 Å². The predicted molar refractivity (Wildman–Crippen MR) is 31.6 cm³/mol. The molecule has 0 unspecified atom stereocenters. The van der Waals surface area contributed by atoms with Crippen LogP contribution in [0.5, 0.6) is 0 Å². The Bertz CT molecular complexity index is 129. The van der Waals surface area contributed by atoms with E-state index in [0.717, 1.165) is 0 Å². The molecule has 1 aromatic heterocycles. The lowest BCUT2D eigenvalue weighted by Crippen LogP contribution is -2.04. The highest BCUT2D eigenvalue weighted by atomic mass is 35.5. The van der Waals surface area contributed by atoms with Crippen molar-refractivity contribution in [1.29, 1.82) is 0 Å². The topological polar surface area (TPSA) is 64.1 Å². The normalized spacial score (nSPS) is 7.62. The van der Waals surface area contributed by atoms with Gasteiger partial charge >= 0.3 is 0 Å². The van der Waals surface area contributed by atoms with Gasteiger partial charge in [0.1, 0.15) is 12.0 Å². The van der Waals surface area contributed by atoms with Crippen LogP contribution >= 0.6 is 12.4 Å². The molecule has 0 amide bonds. The number of nitrogens with one attached hydrogen (secondary N) is 1. The van der Waals surface area contributed by atoms with Crippen LogP contribution in [0.25, 0.3) is 0 Å². The third kappa shape index (κ3) is 1.40. The number of hydrogen-bond acceptors (Lipinski definition) is 4. The summed E-state index contributed by atoms with van der Waals surface area (Å²) in [7, 11) is 0. The van der Waals surface area contributed by atoms with Crippen molar-refractivity contribution in [3.8, 4) is 0 Å². The van der Waals surface area contributed by atoms with Crippen molar-refractivity contribution in [2.75, 3.05) is 5.43 Å². The quantitative estimate of drug-likeness (QED) is 0.432. The molecule has 46 valence electrons. The maximum absolute atomic E-state index is 4.94. The van der Waals surface area contributed by atoms with Crippen LogP contribution < -0.4 is 11.3 Å². The van der Waals surface area contributed by atoms with E-state index in [1.807, 2.05) is 0 Å². The summed E-state index contributed by atoms with van der Waals surface area (Å²) in [4.78, 5) is 0. The second kappa shape index (κ2) is 3.29. The zero-order valence-electron chi connectivity index (χ0n) is 4.00. The lowest BCUT2D eigenvalue weighted by atomic mass is 10.6. The van der Waals surface area contributed by atoms with Gasteiger partial charge in [0.15, 0.2) is 0 Å². The maximum atomic E-state index is 4.94. The van der Waals surface area contributed by atoms with Crippen LogP contribution in [0.2, 0.25) is 0 Å². The molecule has 0 aromatic carbocycles. The Morgan fingerprint density at radius 1 is 1.75 bits per heavy atom. The van der Waals surface area contributed by atoms with Crippen LogP contribution in [0.3, 0.4) is 0 Å². The number of anilines is 1. The van der Waals surface area contributed by atoms with E-state index in [4.69, 9.17) is 5.84 Å². The van der Waals surface area contributed by atoms with E-state index in [1.54, 1.807) is 0 Å². The molecule has 0 bridgehead atoms. The molecule has 3 N–H and O–H groups in total. The van der Waals surface area contributed by atoms with Gasteiger partial charge < -0.3 is 9.95 Å². The van der Waals surface area contributed by atoms with Gasteiger partial charge in [-0.1, -0.05) is 5.16 Å². The molecule has 4 nitrogen and oxygen atoms in total. The first-order chi connectivity index (χ1) is 3.43. The molecule has 0 radical (unpaired) electrons. The van der Waals surface area contributed by atoms with Crippen molar-refractivity contribution >= 4 is 18.1 Å². The van der Waals surface area contributed by atoms with Crippen LogP contribution in [0.15, 0.2) is 17.0 Å². The highest BCUT2D eigenvalue weighted by molar-refractivity contribution is 5.85. The molecule has 1 heterocycles. The van der Waals surface area contributed by atoms with E-state index in [1.165, 1.54) is 12.5 Å². The first-order valence-electron chi connectivity index (χ1n) is 1.79. The fraction of sp³-hybridized carbons (Fsp3) is 0. The maximum Gasteiger partial charge on any atom is 0.148 e. The number of halogens is 1. The molecule has 1 rings (SSSR count). The van der Waals surface area contributed by atoms with E-state index in [2.05, 4.69) is 15.1 Å². The Balaban J connectivity index is 0.000000490. The van der Waals surface area contributed by atoms with Crippen LogP contribution in [0.1, 0.15) is 0 Å². The van der Waals surface area contributed by atoms with Crippen molar-refractivity contribution in [2.24, 2.45) is 5.84 Å². The molecule has 0 aliphatic carbocycles. The highest BCUT2D eigenvalue weighted by Crippen LogP contribution is 1.98. The van der Waals surface area contributed by atoms with Crippen molar-refractivity contribution < 1.29 is 4.52 Å². The minimum atomic E-state index is 0. The van der Waals surface area contributed by atoms with Crippen molar-refractivity contribution in [3.63, 3.8) is 0 Å². The number of hydrazine groups is 1. The fourth-order valence-corrected chi connectivity index (χ4v) is 0.276. The molecule has 0 aliphatic rings. The number of nitrogen functional groups attached to an aromatic ring is 1. The average molecular weight is 136 g/mol. The van der Waals surface area contributed by atoms with Crippen molar-refractivity contribution in [3.05, 3.63) is 12.5 Å². The SMILES string of the molecule is Cl.NNc1cnoc1. The Labute approximate surface area is 52.4 Å². The largest absolute Gasteiger partial charge is 0.362 e. The van der Waals surface area contributed by atoms with Crippen molar-refractivity contribution in [1.82, 2.24) is 5.16 Å². The van der Waals surface area contributed by atoms with E-state index in [0.29, 0.717) is 5.69 Å². The van der Waals surface area contributed by atoms with Gasteiger partial charge in [-0.15, -0.1) is 12.4 Å². The molecule has 0 atom stereocenters. The monoisotopic (exact) mass is 135 g/mol. The smallest absolute Gasteiger partial charge is 0.148 e. The van der Waals surface area contributed by atoms with Gasteiger partial charge in [-0.25, -0.2) is 0 Å². The Hall–Kier alpha value is -0.740. The van der Waals surface area contributed by atoms with Gasteiger partial charge in [-0.05, 0) is 0 Å². The number of nitrogens with two attached hydrogens (primary N) is 1. The molecular formula is C3H6ClN3O. The molecule has 0 saturated heterocycles. The van der Waals surface area contributed by atoms with Gasteiger partial charge in [0, 0.05) is 0 Å². The summed E-state index contributed by atoms with van der Waals surface area (Å²) in [6.07, 6.45) is 2.90. The second-order valence-corrected chi connectivity index (χ2v) is 1.06. The predicted octanol–water partition coefficient (Wildman–Crippen LogP) is 0.382. The first kappa shape index (κ1) is 7.26. The Morgan fingerprint density at radius 3 is 2.75 bits per heavy atom. The van der Waals surface area contributed by atoms with Gasteiger partial charge in [0.25, 0.3) is 0 Å². The van der Waals surface area contributed by atoms with Crippen LogP contribution in [-0.2, 0) is 0 Å². The number of rotatable bonds is 1. The summed E-state index contributed by atoms with van der Waals surface area (Å²) in [6.45, 7) is 0. The zero-order valence-corrected chi connectivity index (χ0v) is 4.81. The molecule has 0 fully saturated rings. The van der Waals surface area contributed by atoms with Crippen LogP contribution in [0, 0.1) is 0 Å². The van der Waals surface area contributed by atoms with E-state index in [-0.39, 0.29) is 12.4 Å². The molecule has 0 aliphatic heterocycles. The van der Waals surface area contributed by atoms with E-state index < -0.39 is 0 Å². The van der Waals surface area contributed by atoms with Crippen LogP contribution in [-0.4, -0.2) is 5.16 Å². The van der Waals surface area contributed by atoms with Gasteiger partial charge in [-0.3, -0.25) is 5.84 Å². The molecule has 0 spiro atoms. The minimum absolute atomic E-state index is 0. The third-order valence-corrected chi connectivity index (χ3v) is 0.599.